The third-order valence-electron chi connectivity index (χ3n) is 17.6. The highest BCUT2D eigenvalue weighted by molar-refractivity contribution is 8.13. The predicted molar refractivity (Wildman–Crippen MR) is 339 cm³/mol. The van der Waals surface area contributed by atoms with Crippen LogP contribution in [0.25, 0.3) is 0 Å². The van der Waals surface area contributed by atoms with E-state index in [1.54, 1.807) is 59.3 Å². The van der Waals surface area contributed by atoms with Gasteiger partial charge in [0.05, 0.1) is 43.9 Å². The maximum atomic E-state index is 17.2. The number of carboxylic acids is 2. The zero-order chi connectivity index (χ0) is 68.3. The largest absolute Gasteiger partial charge is 0.506 e. The summed E-state index contributed by atoms with van der Waals surface area (Å²) >= 11 is 0.396. The van der Waals surface area contributed by atoms with Crippen molar-refractivity contribution >= 4 is 64.8 Å². The number of esters is 1. The molecule has 3 saturated carbocycles. The van der Waals surface area contributed by atoms with Crippen LogP contribution in [0.15, 0.2) is 121 Å². The fraction of sp³-hybridized carbons (Fsp3) is 0.448. The lowest BCUT2D eigenvalue weighted by molar-refractivity contribution is -0.228. The van der Waals surface area contributed by atoms with E-state index in [4.69, 9.17) is 24.4 Å². The van der Waals surface area contributed by atoms with Gasteiger partial charge in [0, 0.05) is 66.4 Å². The van der Waals surface area contributed by atoms with Gasteiger partial charge in [0.25, 0.3) is 0 Å². The molecule has 0 unspecified atom stereocenters. The van der Waals surface area contributed by atoms with Crippen molar-refractivity contribution in [3.63, 3.8) is 0 Å². The number of phenols is 2. The lowest BCUT2D eigenvalue weighted by Gasteiger charge is -2.63. The number of thioether (sulfide) groups is 1. The number of alkyl halides is 3. The minimum Gasteiger partial charge on any atom is -0.506 e. The maximum Gasteiger partial charge on any atom is 0.328 e. The predicted octanol–water partition coefficient (Wildman–Crippen LogP) is 8.59. The SMILES string of the molecule is CCC(=O)O[C@]1(C(=O)SCF)[C@H](C)C[C@H]2[C@@H]3C[C@H](F)C4=CC(=O)C=C[C@]4(C)[C@@]3(F)[C@@H](O)C[C@@]21C.COc1ccc(C[C@@H](C)NC[C@H](O)c2ccc(O)c(NC=O)c2)cc1.COc1ccc(C[C@@H](C)NC[C@H](O)c2ccc(O)c(NC=O)c2)cc1.O=C(O)/C=C/C(=O)O. The summed E-state index contributed by atoms with van der Waals surface area (Å²) in [5, 5.41) is 77.6. The first-order valence-corrected chi connectivity index (χ1v) is 30.7. The van der Waals surface area contributed by atoms with Crippen molar-refractivity contribution in [2.24, 2.45) is 28.6 Å². The molecule has 0 bridgehead atoms. The van der Waals surface area contributed by atoms with Gasteiger partial charge in [0.15, 0.2) is 17.1 Å². The molecular formula is C67H83F3N4O17S. The Morgan fingerprint density at radius 1 is 0.750 bits per heavy atom. The van der Waals surface area contributed by atoms with Crippen LogP contribution in [0.4, 0.5) is 24.5 Å². The Morgan fingerprint density at radius 3 is 1.63 bits per heavy atom. The number of allylic oxidation sites excluding steroid dienone is 4. The lowest BCUT2D eigenvalue weighted by atomic mass is 9.44. The van der Waals surface area contributed by atoms with Gasteiger partial charge in [-0.3, -0.25) is 24.0 Å². The molecule has 21 nitrogen and oxygen atoms in total. The Bertz CT molecular complexity index is 3170. The number of aromatic hydroxyl groups is 2. The number of carbonyl (C=O) groups is 7. The molecule has 0 aromatic heterocycles. The molecule has 8 rings (SSSR count). The Hall–Kier alpha value is -8.07. The van der Waals surface area contributed by atoms with Crippen LogP contribution >= 0.6 is 11.8 Å². The zero-order valence-electron chi connectivity index (χ0n) is 52.4. The highest BCUT2D eigenvalue weighted by Gasteiger charge is 2.78. The van der Waals surface area contributed by atoms with Crippen LogP contribution in [-0.4, -0.2) is 146 Å². The fourth-order valence-corrected chi connectivity index (χ4v) is 13.7. The maximum absolute atomic E-state index is 17.2. The molecule has 92 heavy (non-hydrogen) atoms. The van der Waals surface area contributed by atoms with Gasteiger partial charge in [-0.1, -0.05) is 63.2 Å². The summed E-state index contributed by atoms with van der Waals surface area (Å²) in [6.07, 6.45) is 2.41. The number of ketones is 1. The number of aliphatic carboxylic acids is 2. The fourth-order valence-electron chi connectivity index (χ4n) is 12.9. The van der Waals surface area contributed by atoms with Gasteiger partial charge in [-0.15, -0.1) is 0 Å². The number of aliphatic hydroxyl groups excluding tert-OH is 3. The normalized spacial score (nSPS) is 25.4. The number of benzene rings is 4. The molecule has 4 aliphatic rings. The van der Waals surface area contributed by atoms with E-state index in [1.165, 1.54) is 42.3 Å². The smallest absolute Gasteiger partial charge is 0.328 e. The highest BCUT2D eigenvalue weighted by Crippen LogP contribution is 2.72. The van der Waals surface area contributed by atoms with E-state index in [9.17, 15) is 63.5 Å². The number of ether oxygens (including phenoxy) is 3. The monoisotopic (exact) mass is 1300 g/mol. The standard InChI is InChI=1S/C25H31F3O5S.2C19H24N2O4.C4H4O4/c1-5-20(31)33-25(21(32)34-12-26)13(2)8-15-16-10-18(27)17-9-14(29)6-7-22(17,3)24(16,28)19(30)11-23(15,25)4;2*1-13(9-14-3-6-16(25-2)7-4-14)20-11-19(24)15-5-8-18(23)17(10-15)21-12-22;5-3(6)1-2-4(7)8/h6-7,9,13,15-16,18-19,30H,5,8,10-12H2,1-4H3;2*3-8,10,12-13,19-20,23-24H,9,11H2,1-2H3,(H,21,22);1-2H,(H,5,6)(H,7,8)/b;;;2-1+/t13-,15+,16+,18+,19+,22+,23+,24+,25+;2*13-,19+;/m111./s1. The van der Waals surface area contributed by atoms with E-state index in [-0.39, 0.29) is 66.2 Å². The molecule has 13 atom stereocenters. The molecule has 25 heteroatoms. The molecule has 500 valence electrons. The Morgan fingerprint density at radius 2 is 1.22 bits per heavy atom. The number of hydrogen-bond donors (Lipinski definition) is 11. The number of hydrogen-bond acceptors (Lipinski definition) is 18. The second-order valence-electron chi connectivity index (χ2n) is 23.4. The number of rotatable bonds is 24. The highest BCUT2D eigenvalue weighted by atomic mass is 32.2. The molecule has 4 aliphatic carbocycles. The Labute approximate surface area is 536 Å². The molecule has 0 spiro atoms. The molecule has 11 N–H and O–H groups in total. The number of phenolic OH excluding ortho intramolecular Hbond substituents is 2. The van der Waals surface area contributed by atoms with E-state index in [0.29, 0.717) is 61.0 Å². The number of amides is 2. The first kappa shape index (κ1) is 74.7. The number of halogens is 3. The topological polar surface area (TPSA) is 337 Å². The molecule has 0 radical (unpaired) electrons. The number of anilines is 2. The second-order valence-corrected chi connectivity index (χ2v) is 24.3. The van der Waals surface area contributed by atoms with Crippen molar-refractivity contribution in [3.8, 4) is 23.0 Å². The van der Waals surface area contributed by atoms with Crippen LogP contribution in [0, 0.1) is 28.6 Å². The van der Waals surface area contributed by atoms with E-state index in [1.807, 2.05) is 62.4 Å². The lowest BCUT2D eigenvalue weighted by Crippen LogP contribution is -2.70. The quantitative estimate of drug-likeness (QED) is 0.0135. The first-order chi connectivity index (χ1) is 43.5. The van der Waals surface area contributed by atoms with Crippen molar-refractivity contribution in [2.45, 2.75) is 128 Å². The number of fused-ring (bicyclic) bond motifs is 5. The third kappa shape index (κ3) is 17.7. The van der Waals surface area contributed by atoms with Gasteiger partial charge in [0.1, 0.15) is 35.2 Å². The molecule has 4 aromatic carbocycles. The zero-order valence-corrected chi connectivity index (χ0v) is 53.3. The Kier molecular flexibility index (Phi) is 27.2. The van der Waals surface area contributed by atoms with Gasteiger partial charge < -0.3 is 71.2 Å². The summed E-state index contributed by atoms with van der Waals surface area (Å²) in [6, 6.07) is 24.4. The summed E-state index contributed by atoms with van der Waals surface area (Å²) in [5.74, 6) is -4.24. The van der Waals surface area contributed by atoms with Crippen LogP contribution in [-0.2, 0) is 51.1 Å². The molecule has 0 heterocycles. The summed E-state index contributed by atoms with van der Waals surface area (Å²) < 4.78 is 62.1. The van der Waals surface area contributed by atoms with E-state index < -0.39 is 99.2 Å². The van der Waals surface area contributed by atoms with Crippen molar-refractivity contribution in [3.05, 3.63) is 143 Å². The van der Waals surface area contributed by atoms with Crippen molar-refractivity contribution in [1.82, 2.24) is 10.6 Å². The van der Waals surface area contributed by atoms with E-state index >= 15 is 8.78 Å². The molecule has 3 fully saturated rings. The summed E-state index contributed by atoms with van der Waals surface area (Å²) in [7, 11) is 3.28. The molecular weight excluding hydrogens is 1220 g/mol. The van der Waals surface area contributed by atoms with E-state index in [2.05, 4.69) is 21.3 Å². The summed E-state index contributed by atoms with van der Waals surface area (Å²) in [6.45, 7) is 11.3. The van der Waals surface area contributed by atoms with Crippen molar-refractivity contribution in [2.75, 3.05) is 43.9 Å². The van der Waals surface area contributed by atoms with Crippen LogP contribution in [0.3, 0.4) is 0 Å². The van der Waals surface area contributed by atoms with Crippen molar-refractivity contribution < 1.29 is 96.7 Å². The molecule has 2 amide bonds. The minimum absolute atomic E-state index is 0.0141. The van der Waals surface area contributed by atoms with Gasteiger partial charge in [-0.05, 0) is 159 Å². The number of nitrogens with one attached hydrogen (secondary N) is 4. The number of aliphatic hydroxyl groups is 3. The van der Waals surface area contributed by atoms with Crippen molar-refractivity contribution in [1.29, 1.82) is 0 Å². The van der Waals surface area contributed by atoms with Crippen LogP contribution in [0.5, 0.6) is 23.0 Å². The number of carbonyl (C=O) groups excluding carboxylic acids is 5. The summed E-state index contributed by atoms with van der Waals surface area (Å²) in [4.78, 5) is 78.0. The van der Waals surface area contributed by atoms with Gasteiger partial charge >= 0.3 is 17.9 Å². The molecule has 0 aliphatic heterocycles. The molecule has 0 saturated heterocycles. The second kappa shape index (κ2) is 33.5. The third-order valence-corrected chi connectivity index (χ3v) is 18.2. The van der Waals surface area contributed by atoms with Gasteiger partial charge in [0.2, 0.25) is 17.9 Å². The number of carboxylic acid groups (broad SMARTS) is 2. The van der Waals surface area contributed by atoms with Crippen LogP contribution in [0.2, 0.25) is 0 Å². The number of methoxy groups -OCH3 is 2. The first-order valence-electron chi connectivity index (χ1n) is 29.7. The van der Waals surface area contributed by atoms with Gasteiger partial charge in [-0.2, -0.15) is 0 Å². The van der Waals surface area contributed by atoms with Crippen LogP contribution in [0.1, 0.15) is 102 Å². The average molecular weight is 1310 g/mol. The summed E-state index contributed by atoms with van der Waals surface area (Å²) in [5.41, 5.74) is -2.70. The van der Waals surface area contributed by atoms with E-state index in [0.717, 1.165) is 30.4 Å². The average Bonchev–Trinajstić information content (AvgIpc) is 1.33. The van der Waals surface area contributed by atoms with Gasteiger partial charge in [-0.25, -0.2) is 22.8 Å². The van der Waals surface area contributed by atoms with Crippen LogP contribution < -0.4 is 30.7 Å². The molecule has 4 aromatic rings. The minimum atomic E-state index is -2.30. The Balaban J connectivity index is 0.000000240.